The lowest BCUT2D eigenvalue weighted by Gasteiger charge is -2.19. The molecular formula is C35H41N3O6S. The molecule has 2 amide bonds. The van der Waals surface area contributed by atoms with Crippen LogP contribution in [-0.4, -0.2) is 60.0 Å². The van der Waals surface area contributed by atoms with Gasteiger partial charge in [0, 0.05) is 34.5 Å². The van der Waals surface area contributed by atoms with Crippen LogP contribution in [0.4, 0.5) is 0 Å². The van der Waals surface area contributed by atoms with Gasteiger partial charge in [-0.1, -0.05) is 55.0 Å². The summed E-state index contributed by atoms with van der Waals surface area (Å²) in [5.41, 5.74) is 4.07. The Morgan fingerprint density at radius 1 is 0.911 bits per heavy atom. The van der Waals surface area contributed by atoms with Gasteiger partial charge in [0.25, 0.3) is 5.91 Å². The highest BCUT2D eigenvalue weighted by atomic mass is 32.2. The topological polar surface area (TPSA) is 119 Å². The fraction of sp³-hybridized carbons (Fsp3) is 0.343. The van der Waals surface area contributed by atoms with E-state index in [4.69, 9.17) is 9.47 Å². The van der Waals surface area contributed by atoms with Crippen molar-refractivity contribution in [2.45, 2.75) is 50.9 Å². The molecule has 3 aromatic carbocycles. The largest absolute Gasteiger partial charge is 0.496 e. The van der Waals surface area contributed by atoms with Gasteiger partial charge in [0.1, 0.15) is 29.8 Å². The van der Waals surface area contributed by atoms with Gasteiger partial charge in [-0.15, -0.1) is 0 Å². The van der Waals surface area contributed by atoms with E-state index in [9.17, 15) is 19.5 Å². The summed E-state index contributed by atoms with van der Waals surface area (Å²) < 4.78 is 12.6. The van der Waals surface area contributed by atoms with Crippen molar-refractivity contribution in [1.82, 2.24) is 15.2 Å². The summed E-state index contributed by atoms with van der Waals surface area (Å²) in [4.78, 5) is 38.5. The molecule has 4 rings (SSSR count). The number of unbranched alkanes of at least 4 members (excludes halogenated alkanes) is 2. The van der Waals surface area contributed by atoms with Crippen LogP contribution < -0.4 is 20.1 Å². The van der Waals surface area contributed by atoms with Crippen molar-refractivity contribution in [2.75, 3.05) is 26.5 Å². The summed E-state index contributed by atoms with van der Waals surface area (Å²) in [5.74, 6) is 0.853. The minimum Gasteiger partial charge on any atom is -0.496 e. The van der Waals surface area contributed by atoms with E-state index in [0.29, 0.717) is 23.6 Å². The number of thioether (sulfide) groups is 1. The number of fused-ring (bicyclic) bond motifs is 1. The number of carbonyl (C=O) groups is 3. The molecule has 0 saturated heterocycles. The van der Waals surface area contributed by atoms with E-state index in [0.717, 1.165) is 59.3 Å². The zero-order valence-electron chi connectivity index (χ0n) is 26.0. The number of carbonyl (C=O) groups excluding carboxylic acids is 2. The number of methoxy groups -OCH3 is 2. The van der Waals surface area contributed by atoms with Crippen molar-refractivity contribution >= 4 is 40.4 Å². The number of aliphatic carboxylic acids is 1. The Hall–Kier alpha value is -4.44. The number of carboxylic acids is 1. The molecule has 0 aliphatic heterocycles. The van der Waals surface area contributed by atoms with Gasteiger partial charge in [-0.05, 0) is 61.6 Å². The van der Waals surface area contributed by atoms with Crippen molar-refractivity contribution in [2.24, 2.45) is 0 Å². The minimum absolute atomic E-state index is 0.200. The zero-order chi connectivity index (χ0) is 32.2. The molecule has 0 radical (unpaired) electrons. The van der Waals surface area contributed by atoms with Gasteiger partial charge >= 0.3 is 5.97 Å². The fourth-order valence-corrected chi connectivity index (χ4v) is 6.30. The monoisotopic (exact) mass is 631 g/mol. The first-order valence-electron chi connectivity index (χ1n) is 15.0. The lowest BCUT2D eigenvalue weighted by atomic mass is 10.0. The molecule has 45 heavy (non-hydrogen) atoms. The molecule has 4 aromatic rings. The van der Waals surface area contributed by atoms with E-state index in [1.807, 2.05) is 61.5 Å². The van der Waals surface area contributed by atoms with Crippen molar-refractivity contribution in [1.29, 1.82) is 0 Å². The van der Waals surface area contributed by atoms with E-state index in [1.165, 1.54) is 4.57 Å². The Morgan fingerprint density at radius 2 is 1.60 bits per heavy atom. The lowest BCUT2D eigenvalue weighted by Crippen LogP contribution is -2.49. The smallest absolute Gasteiger partial charge is 0.323 e. The van der Waals surface area contributed by atoms with Crippen molar-refractivity contribution < 1.29 is 29.0 Å². The molecular weight excluding hydrogens is 590 g/mol. The first kappa shape index (κ1) is 33.5. The third kappa shape index (κ3) is 9.28. The SMILES string of the molecule is COc1cc(C)cc(OC)c1CCCCCNC(=O)[C@H](CSCc1ccccc1)NC(=O)c1cc2ccccc2n1CC(=O)O. The highest BCUT2D eigenvalue weighted by molar-refractivity contribution is 7.98. The van der Waals surface area contributed by atoms with Crippen LogP contribution in [0.5, 0.6) is 11.5 Å². The van der Waals surface area contributed by atoms with Crippen LogP contribution in [0, 0.1) is 6.92 Å². The Bertz CT molecular complexity index is 1580. The number of carboxylic acid groups (broad SMARTS) is 1. The van der Waals surface area contributed by atoms with Crippen LogP contribution in [0.1, 0.15) is 46.4 Å². The van der Waals surface area contributed by atoms with Gasteiger partial charge in [-0.25, -0.2) is 0 Å². The maximum atomic E-state index is 13.5. The second-order valence-corrected chi connectivity index (χ2v) is 11.9. The van der Waals surface area contributed by atoms with Crippen molar-refractivity contribution in [3.8, 4) is 11.5 Å². The summed E-state index contributed by atoms with van der Waals surface area (Å²) in [7, 11) is 3.32. The molecule has 0 spiro atoms. The van der Waals surface area contributed by atoms with Gasteiger partial charge in [0.05, 0.1) is 14.2 Å². The van der Waals surface area contributed by atoms with E-state index < -0.39 is 17.9 Å². The number of aryl methyl sites for hydroxylation is 1. The average Bonchev–Trinajstić information content (AvgIpc) is 3.40. The number of hydrogen-bond acceptors (Lipinski definition) is 6. The summed E-state index contributed by atoms with van der Waals surface area (Å²) >= 11 is 1.55. The van der Waals surface area contributed by atoms with Crippen LogP contribution in [0.3, 0.4) is 0 Å². The second kappa shape index (κ2) is 16.6. The van der Waals surface area contributed by atoms with E-state index >= 15 is 0 Å². The highest BCUT2D eigenvalue weighted by Crippen LogP contribution is 2.32. The second-order valence-electron chi connectivity index (χ2n) is 10.8. The Kier molecular flexibility index (Phi) is 12.3. The number of amides is 2. The Labute approximate surface area is 268 Å². The Morgan fingerprint density at radius 3 is 2.29 bits per heavy atom. The average molecular weight is 632 g/mol. The van der Waals surface area contributed by atoms with Crippen LogP contribution in [-0.2, 0) is 28.3 Å². The molecule has 238 valence electrons. The quantitative estimate of drug-likeness (QED) is 0.130. The van der Waals surface area contributed by atoms with Gasteiger partial charge in [0.2, 0.25) is 5.91 Å². The third-order valence-corrected chi connectivity index (χ3v) is 8.62. The molecule has 9 nitrogen and oxygen atoms in total. The molecule has 0 unspecified atom stereocenters. The first-order valence-corrected chi connectivity index (χ1v) is 16.2. The maximum Gasteiger partial charge on any atom is 0.323 e. The molecule has 0 fully saturated rings. The first-order chi connectivity index (χ1) is 21.8. The number of nitrogens with one attached hydrogen (secondary N) is 2. The zero-order valence-corrected chi connectivity index (χ0v) is 26.8. The normalized spacial score (nSPS) is 11.6. The van der Waals surface area contributed by atoms with Crippen LogP contribution >= 0.6 is 11.8 Å². The van der Waals surface area contributed by atoms with Crippen molar-refractivity contribution in [3.63, 3.8) is 0 Å². The Balaban J connectivity index is 1.37. The molecule has 0 aliphatic carbocycles. The molecule has 1 aromatic heterocycles. The number of hydrogen-bond donors (Lipinski definition) is 3. The molecule has 1 heterocycles. The molecule has 0 bridgehead atoms. The number of ether oxygens (including phenoxy) is 2. The number of rotatable bonds is 17. The third-order valence-electron chi connectivity index (χ3n) is 7.51. The van der Waals surface area contributed by atoms with E-state index in [1.54, 1.807) is 44.2 Å². The minimum atomic E-state index is -1.06. The molecule has 0 aliphatic rings. The molecule has 1 atom stereocenters. The fourth-order valence-electron chi connectivity index (χ4n) is 5.29. The molecule has 0 saturated carbocycles. The van der Waals surface area contributed by atoms with Gasteiger partial charge in [-0.2, -0.15) is 11.8 Å². The number of para-hydroxylation sites is 1. The van der Waals surface area contributed by atoms with Gasteiger partial charge in [0.15, 0.2) is 0 Å². The highest BCUT2D eigenvalue weighted by Gasteiger charge is 2.24. The summed E-state index contributed by atoms with van der Waals surface area (Å²) in [6.45, 7) is 2.11. The van der Waals surface area contributed by atoms with Crippen molar-refractivity contribution in [3.05, 3.63) is 95.2 Å². The predicted octanol–water partition coefficient (Wildman–Crippen LogP) is 5.61. The predicted molar refractivity (Wildman–Crippen MR) is 178 cm³/mol. The summed E-state index contributed by atoms with van der Waals surface area (Å²) in [5, 5.41) is 16.1. The maximum absolute atomic E-state index is 13.5. The van der Waals surface area contributed by atoms with E-state index in [2.05, 4.69) is 10.6 Å². The van der Waals surface area contributed by atoms with Gasteiger partial charge in [-0.3, -0.25) is 14.4 Å². The summed E-state index contributed by atoms with van der Waals surface area (Å²) in [6.07, 6.45) is 3.34. The van der Waals surface area contributed by atoms with Crippen LogP contribution in [0.2, 0.25) is 0 Å². The number of nitrogens with zero attached hydrogens (tertiary/aromatic N) is 1. The summed E-state index contributed by atoms with van der Waals surface area (Å²) in [6, 6.07) is 22.0. The van der Waals surface area contributed by atoms with Gasteiger partial charge < -0.3 is 29.8 Å². The van der Waals surface area contributed by atoms with Crippen LogP contribution in [0.15, 0.2) is 72.8 Å². The standard InChI is InChI=1S/C35H41N3O6S/c1-24-18-31(43-2)27(32(19-24)44-3)15-8-5-11-17-36-34(41)28(23-45-22-25-12-6-4-7-13-25)37-35(42)30-20-26-14-9-10-16-29(26)38(30)21-33(39)40/h4,6-7,9-10,12-14,16,18-20,28H,5,8,11,15,17,21-23H2,1-3H3,(H,36,41)(H,37,42)(H,39,40)/t28-/m0/s1. The molecule has 3 N–H and O–H groups in total. The van der Waals surface area contributed by atoms with E-state index in [-0.39, 0.29) is 18.1 Å². The lowest BCUT2D eigenvalue weighted by molar-refractivity contribution is -0.137. The number of aromatic nitrogens is 1. The van der Waals surface area contributed by atoms with Crippen LogP contribution in [0.25, 0.3) is 10.9 Å². The molecule has 10 heteroatoms. The number of benzene rings is 3.